The summed E-state index contributed by atoms with van der Waals surface area (Å²) in [6.45, 7) is 7.99. The maximum atomic E-state index is 12.6. The number of carbonyl (C=O) groups excluding carboxylic acids is 2. The predicted octanol–water partition coefficient (Wildman–Crippen LogP) is 4.01. The molecule has 0 fully saturated rings. The Morgan fingerprint density at radius 1 is 1.09 bits per heavy atom. The molecule has 0 saturated carbocycles. The number of fused-ring (bicyclic) bond motifs is 3. The van der Waals surface area contributed by atoms with Crippen molar-refractivity contribution in [3.63, 3.8) is 0 Å². The Morgan fingerprint density at radius 3 is 2.56 bits per heavy atom. The summed E-state index contributed by atoms with van der Waals surface area (Å²) >= 11 is 2.50. The molecular weight excluding hydrogens is 444 g/mol. The van der Waals surface area contributed by atoms with Crippen LogP contribution in [-0.2, 0) is 4.79 Å². The number of nitrogens with one attached hydrogen (secondary N) is 1. The average Bonchev–Trinajstić information content (AvgIpc) is 3.28. The Balaban J connectivity index is 1.56. The fraction of sp³-hybridized carbons (Fsp3) is 0.318. The van der Waals surface area contributed by atoms with Gasteiger partial charge in [0.15, 0.2) is 15.9 Å². The number of nitrogens with zero attached hydrogens (tertiary/aromatic N) is 5. The number of thioether (sulfide) groups is 1. The minimum absolute atomic E-state index is 0.127. The van der Waals surface area contributed by atoms with Crippen molar-refractivity contribution >= 4 is 56.6 Å². The van der Waals surface area contributed by atoms with Crippen LogP contribution in [0.15, 0.2) is 23.4 Å². The number of rotatable bonds is 5. The van der Waals surface area contributed by atoms with Crippen LogP contribution >= 0.6 is 23.1 Å². The van der Waals surface area contributed by atoms with Gasteiger partial charge in [-0.3, -0.25) is 14.0 Å². The number of amides is 2. The van der Waals surface area contributed by atoms with Crippen LogP contribution < -0.4 is 5.32 Å². The van der Waals surface area contributed by atoms with Crippen LogP contribution in [0.25, 0.3) is 16.6 Å². The van der Waals surface area contributed by atoms with E-state index in [1.54, 1.807) is 21.0 Å². The molecule has 3 aromatic heterocycles. The summed E-state index contributed by atoms with van der Waals surface area (Å²) in [6.07, 6.45) is 0. The molecule has 3 heterocycles. The van der Waals surface area contributed by atoms with E-state index in [-0.39, 0.29) is 17.6 Å². The van der Waals surface area contributed by atoms with E-state index >= 15 is 0 Å². The monoisotopic (exact) mass is 468 g/mol. The molecule has 32 heavy (non-hydrogen) atoms. The molecule has 8 nitrogen and oxygen atoms in total. The van der Waals surface area contributed by atoms with Gasteiger partial charge in [-0.2, -0.15) is 0 Å². The molecule has 0 spiro atoms. The van der Waals surface area contributed by atoms with E-state index in [9.17, 15) is 9.59 Å². The Bertz CT molecular complexity index is 1370. The summed E-state index contributed by atoms with van der Waals surface area (Å²) in [7, 11) is 3.38. The molecule has 0 radical (unpaired) electrons. The molecule has 0 aliphatic carbocycles. The first kappa shape index (κ1) is 22.2. The lowest BCUT2D eigenvalue weighted by Gasteiger charge is -2.11. The van der Waals surface area contributed by atoms with Crippen LogP contribution in [-0.4, -0.2) is 56.1 Å². The fourth-order valence-electron chi connectivity index (χ4n) is 3.64. The number of hydrogen-bond acceptors (Lipinski definition) is 7. The van der Waals surface area contributed by atoms with Crippen molar-refractivity contribution in [2.75, 3.05) is 25.2 Å². The van der Waals surface area contributed by atoms with Crippen molar-refractivity contribution in [2.24, 2.45) is 0 Å². The van der Waals surface area contributed by atoms with Crippen LogP contribution in [0, 0.1) is 27.7 Å². The fourth-order valence-corrected chi connectivity index (χ4v) is 5.39. The van der Waals surface area contributed by atoms with Gasteiger partial charge in [0.2, 0.25) is 5.91 Å². The number of hydrogen-bond donors (Lipinski definition) is 1. The first-order chi connectivity index (χ1) is 15.2. The molecule has 4 aromatic rings. The summed E-state index contributed by atoms with van der Waals surface area (Å²) in [5, 5.41) is 13.7. The Morgan fingerprint density at radius 2 is 1.84 bits per heavy atom. The molecule has 0 unspecified atom stereocenters. The molecule has 0 aliphatic rings. The Kier molecular flexibility index (Phi) is 5.91. The first-order valence-corrected chi connectivity index (χ1v) is 11.8. The molecule has 0 atom stereocenters. The quantitative estimate of drug-likeness (QED) is 0.445. The van der Waals surface area contributed by atoms with Gasteiger partial charge < -0.3 is 10.2 Å². The summed E-state index contributed by atoms with van der Waals surface area (Å²) in [4.78, 5) is 31.1. The van der Waals surface area contributed by atoms with Crippen molar-refractivity contribution in [1.82, 2.24) is 24.5 Å². The Hall–Kier alpha value is -2.98. The van der Waals surface area contributed by atoms with E-state index in [0.29, 0.717) is 20.9 Å². The van der Waals surface area contributed by atoms with E-state index in [1.807, 2.05) is 10.5 Å². The highest BCUT2D eigenvalue weighted by Crippen LogP contribution is 2.29. The van der Waals surface area contributed by atoms with Crippen molar-refractivity contribution < 1.29 is 9.59 Å². The highest BCUT2D eigenvalue weighted by molar-refractivity contribution is 7.99. The normalized spacial score (nSPS) is 11.3. The molecule has 4 rings (SSSR count). The summed E-state index contributed by atoms with van der Waals surface area (Å²) in [5.41, 5.74) is 5.89. The van der Waals surface area contributed by atoms with Crippen LogP contribution in [0.1, 0.15) is 32.1 Å². The van der Waals surface area contributed by atoms with E-state index in [4.69, 9.17) is 0 Å². The molecular formula is C22H24N6O2S2. The SMILES string of the molecule is Cc1cc(C)c2c(c1)c(C)cc1nnc(SCC(=O)Nc3nc(C)c(C(=O)N(C)C)s3)n12. The number of aryl methyl sites for hydroxylation is 4. The van der Waals surface area contributed by atoms with Gasteiger partial charge in [0, 0.05) is 19.5 Å². The summed E-state index contributed by atoms with van der Waals surface area (Å²) in [5.74, 6) is -0.192. The van der Waals surface area contributed by atoms with Gasteiger partial charge in [0.1, 0.15) is 4.88 Å². The third-order valence-electron chi connectivity index (χ3n) is 5.07. The third-order valence-corrected chi connectivity index (χ3v) is 7.06. The molecule has 0 bridgehead atoms. The second-order valence-electron chi connectivity index (χ2n) is 7.95. The minimum Gasteiger partial charge on any atom is -0.344 e. The molecule has 0 saturated heterocycles. The van der Waals surface area contributed by atoms with Gasteiger partial charge in [-0.15, -0.1) is 10.2 Å². The number of benzene rings is 1. The highest BCUT2D eigenvalue weighted by atomic mass is 32.2. The largest absolute Gasteiger partial charge is 0.344 e. The van der Waals surface area contributed by atoms with Gasteiger partial charge in [-0.05, 0) is 51.0 Å². The standard InChI is InChI=1S/C22H24N6O2S2/c1-11-7-13(3)18-15(8-11)12(2)9-16-25-26-22(28(16)18)31-10-17(29)24-21-23-14(4)19(32-21)20(30)27(5)6/h7-9H,10H2,1-6H3,(H,23,24,29). The predicted molar refractivity (Wildman–Crippen MR) is 129 cm³/mol. The average molecular weight is 469 g/mol. The lowest BCUT2D eigenvalue weighted by molar-refractivity contribution is -0.113. The van der Waals surface area contributed by atoms with Gasteiger partial charge in [-0.25, -0.2) is 4.98 Å². The topological polar surface area (TPSA) is 92.5 Å². The molecule has 1 N–H and O–H groups in total. The second kappa shape index (κ2) is 8.51. The van der Waals surface area contributed by atoms with Crippen molar-refractivity contribution in [3.05, 3.63) is 45.5 Å². The van der Waals surface area contributed by atoms with Crippen LogP contribution in [0.3, 0.4) is 0 Å². The summed E-state index contributed by atoms with van der Waals surface area (Å²) < 4.78 is 2.01. The van der Waals surface area contributed by atoms with Gasteiger partial charge >= 0.3 is 0 Å². The van der Waals surface area contributed by atoms with Crippen LogP contribution in [0.2, 0.25) is 0 Å². The van der Waals surface area contributed by atoms with Crippen LogP contribution in [0.4, 0.5) is 5.13 Å². The molecule has 166 valence electrons. The summed E-state index contributed by atoms with van der Waals surface area (Å²) in [6, 6.07) is 6.31. The maximum Gasteiger partial charge on any atom is 0.265 e. The smallest absolute Gasteiger partial charge is 0.265 e. The second-order valence-corrected chi connectivity index (χ2v) is 9.89. The van der Waals surface area contributed by atoms with Crippen LogP contribution in [0.5, 0.6) is 0 Å². The van der Waals surface area contributed by atoms with Gasteiger partial charge in [-0.1, -0.05) is 34.7 Å². The lowest BCUT2D eigenvalue weighted by Crippen LogP contribution is -2.21. The number of carbonyl (C=O) groups is 2. The third kappa shape index (κ3) is 4.07. The lowest BCUT2D eigenvalue weighted by atomic mass is 10.0. The number of pyridine rings is 1. The number of aromatic nitrogens is 4. The van der Waals surface area contributed by atoms with Crippen molar-refractivity contribution in [1.29, 1.82) is 0 Å². The van der Waals surface area contributed by atoms with E-state index in [1.165, 1.54) is 33.6 Å². The zero-order valence-corrected chi connectivity index (χ0v) is 20.4. The molecule has 10 heteroatoms. The van der Waals surface area contributed by atoms with E-state index in [0.717, 1.165) is 27.7 Å². The first-order valence-electron chi connectivity index (χ1n) is 10.0. The zero-order valence-electron chi connectivity index (χ0n) is 18.8. The van der Waals surface area contributed by atoms with E-state index in [2.05, 4.69) is 53.4 Å². The molecule has 2 amide bonds. The number of anilines is 1. The molecule has 0 aliphatic heterocycles. The minimum atomic E-state index is -0.215. The van der Waals surface area contributed by atoms with E-state index < -0.39 is 0 Å². The number of thiazole rings is 1. The van der Waals surface area contributed by atoms with Crippen molar-refractivity contribution in [3.8, 4) is 0 Å². The zero-order chi connectivity index (χ0) is 23.2. The molecule has 1 aromatic carbocycles. The van der Waals surface area contributed by atoms with Gasteiger partial charge in [0.25, 0.3) is 5.91 Å². The van der Waals surface area contributed by atoms with Crippen molar-refractivity contribution in [2.45, 2.75) is 32.9 Å². The van der Waals surface area contributed by atoms with Gasteiger partial charge in [0.05, 0.1) is 17.0 Å². The Labute approximate surface area is 194 Å². The highest BCUT2D eigenvalue weighted by Gasteiger charge is 2.19. The maximum absolute atomic E-state index is 12.6.